The Morgan fingerprint density at radius 3 is 2.19 bits per heavy atom. The van der Waals surface area contributed by atoms with Crippen molar-refractivity contribution in [3.05, 3.63) is 46.7 Å². The Hall–Kier alpha value is -2.34. The van der Waals surface area contributed by atoms with E-state index in [1.807, 2.05) is 0 Å². The van der Waals surface area contributed by atoms with Gasteiger partial charge in [-0.2, -0.15) is 17.9 Å². The van der Waals surface area contributed by atoms with Crippen LogP contribution in [0.15, 0.2) is 45.9 Å². The summed E-state index contributed by atoms with van der Waals surface area (Å²) in [7, 11) is -3.59. The van der Waals surface area contributed by atoms with Crippen LogP contribution in [0.2, 0.25) is 0 Å². The third-order valence-corrected chi connectivity index (χ3v) is 4.69. The number of hydrogen-bond donors (Lipinski definition) is 0. The SMILES string of the molecule is CS(=O)(=O)c1ccc(-n2nc(C(F)(F)F)nc2-c2ccc(Br)cc2)nn1. The lowest BCUT2D eigenvalue weighted by molar-refractivity contribution is -0.144. The van der Waals surface area contributed by atoms with Crippen LogP contribution in [-0.2, 0) is 16.0 Å². The third-order valence-electron chi connectivity index (χ3n) is 3.19. The van der Waals surface area contributed by atoms with Gasteiger partial charge in [0.25, 0.3) is 5.82 Å². The average molecular weight is 448 g/mol. The molecule has 0 aliphatic rings. The summed E-state index contributed by atoms with van der Waals surface area (Å²) in [6, 6.07) is 8.74. The highest BCUT2D eigenvalue weighted by atomic mass is 79.9. The van der Waals surface area contributed by atoms with Gasteiger partial charge in [0, 0.05) is 16.3 Å². The minimum absolute atomic E-state index is 0.0988. The molecule has 0 aliphatic heterocycles. The highest BCUT2D eigenvalue weighted by Crippen LogP contribution is 2.30. The van der Waals surface area contributed by atoms with Gasteiger partial charge in [-0.25, -0.2) is 13.4 Å². The van der Waals surface area contributed by atoms with Crippen LogP contribution < -0.4 is 0 Å². The quantitative estimate of drug-likeness (QED) is 0.612. The van der Waals surface area contributed by atoms with E-state index < -0.39 is 21.8 Å². The molecule has 0 aliphatic carbocycles. The fourth-order valence-electron chi connectivity index (χ4n) is 2.00. The molecule has 0 radical (unpaired) electrons. The zero-order chi connectivity index (χ0) is 19.1. The second kappa shape index (κ2) is 6.43. The summed E-state index contributed by atoms with van der Waals surface area (Å²) in [4.78, 5) is 3.55. The van der Waals surface area contributed by atoms with Gasteiger partial charge in [-0.3, -0.25) is 0 Å². The van der Waals surface area contributed by atoms with E-state index >= 15 is 0 Å². The van der Waals surface area contributed by atoms with Gasteiger partial charge in [-0.15, -0.1) is 15.3 Å². The van der Waals surface area contributed by atoms with Gasteiger partial charge in [-0.1, -0.05) is 28.1 Å². The summed E-state index contributed by atoms with van der Waals surface area (Å²) in [5.74, 6) is -1.55. The molecule has 7 nitrogen and oxygen atoms in total. The number of alkyl halides is 3. The summed E-state index contributed by atoms with van der Waals surface area (Å²) in [5, 5.41) is 10.4. The average Bonchev–Trinajstić information content (AvgIpc) is 3.00. The maximum Gasteiger partial charge on any atom is 0.453 e. The summed E-state index contributed by atoms with van der Waals surface area (Å²) >= 11 is 3.24. The Morgan fingerprint density at radius 1 is 1.04 bits per heavy atom. The van der Waals surface area contributed by atoms with Gasteiger partial charge in [0.1, 0.15) is 0 Å². The summed E-state index contributed by atoms with van der Waals surface area (Å²) in [5.41, 5.74) is 0.366. The first-order valence-corrected chi connectivity index (χ1v) is 9.58. The van der Waals surface area contributed by atoms with Gasteiger partial charge in [-0.05, 0) is 24.3 Å². The molecule has 3 aromatic rings. The molecule has 0 bridgehead atoms. The van der Waals surface area contributed by atoms with Crippen LogP contribution in [0, 0.1) is 0 Å². The standard InChI is InChI=1S/C14H9BrF3N5O2S/c1-26(24,25)11-7-6-10(20-21-11)23-12(8-2-4-9(15)5-3-8)19-13(22-23)14(16,17)18/h2-7H,1H3. The first-order chi connectivity index (χ1) is 12.1. The molecule has 1 aromatic carbocycles. The summed E-state index contributed by atoms with van der Waals surface area (Å²) < 4.78 is 63.6. The Bertz CT molecular complexity index is 1050. The Morgan fingerprint density at radius 2 is 1.69 bits per heavy atom. The normalized spacial score (nSPS) is 12.3. The highest BCUT2D eigenvalue weighted by Gasteiger charge is 2.37. The van der Waals surface area contributed by atoms with Crippen molar-refractivity contribution in [2.75, 3.05) is 6.26 Å². The fraction of sp³-hybridized carbons (Fsp3) is 0.143. The van der Waals surface area contributed by atoms with Gasteiger partial charge >= 0.3 is 6.18 Å². The van der Waals surface area contributed by atoms with Crippen molar-refractivity contribution in [1.82, 2.24) is 25.0 Å². The number of benzene rings is 1. The number of halogens is 4. The molecule has 0 saturated heterocycles. The fourth-order valence-corrected chi connectivity index (χ4v) is 2.77. The monoisotopic (exact) mass is 447 g/mol. The van der Waals surface area contributed by atoms with Crippen LogP contribution in [0.5, 0.6) is 0 Å². The Balaban J connectivity index is 2.16. The first kappa shape index (κ1) is 18.5. The molecule has 2 aromatic heterocycles. The largest absolute Gasteiger partial charge is 0.453 e. The predicted octanol–water partition coefficient (Wildman–Crippen LogP) is 2.91. The van der Waals surface area contributed by atoms with Gasteiger partial charge in [0.05, 0.1) is 0 Å². The van der Waals surface area contributed by atoms with Crippen molar-refractivity contribution in [3.8, 4) is 17.2 Å². The van der Waals surface area contributed by atoms with E-state index in [2.05, 4.69) is 36.2 Å². The molecule has 12 heteroatoms. The number of rotatable bonds is 3. The third kappa shape index (κ3) is 3.75. The molecule has 0 amide bonds. The van der Waals surface area contributed by atoms with E-state index in [1.54, 1.807) is 24.3 Å². The van der Waals surface area contributed by atoms with Crippen LogP contribution in [0.4, 0.5) is 13.2 Å². The van der Waals surface area contributed by atoms with E-state index in [0.717, 1.165) is 21.5 Å². The molecule has 0 saturated carbocycles. The molecule has 2 heterocycles. The minimum Gasteiger partial charge on any atom is -0.222 e. The zero-order valence-electron chi connectivity index (χ0n) is 12.9. The lowest BCUT2D eigenvalue weighted by Gasteiger charge is -2.05. The second-order valence-corrected chi connectivity index (χ2v) is 8.06. The van der Waals surface area contributed by atoms with E-state index in [1.165, 1.54) is 6.07 Å². The van der Waals surface area contributed by atoms with E-state index in [9.17, 15) is 21.6 Å². The predicted molar refractivity (Wildman–Crippen MR) is 88.2 cm³/mol. The van der Waals surface area contributed by atoms with Crippen LogP contribution in [0.3, 0.4) is 0 Å². The minimum atomic E-state index is -4.75. The second-order valence-electron chi connectivity index (χ2n) is 5.18. The zero-order valence-corrected chi connectivity index (χ0v) is 15.3. The van der Waals surface area contributed by atoms with Crippen LogP contribution in [0.25, 0.3) is 17.2 Å². The smallest absolute Gasteiger partial charge is 0.222 e. The van der Waals surface area contributed by atoms with E-state index in [-0.39, 0.29) is 16.7 Å². The molecule has 0 atom stereocenters. The molecule has 0 N–H and O–H groups in total. The van der Waals surface area contributed by atoms with E-state index in [4.69, 9.17) is 0 Å². The summed E-state index contributed by atoms with van der Waals surface area (Å²) in [6.07, 6.45) is -3.81. The van der Waals surface area contributed by atoms with Crippen molar-refractivity contribution >= 4 is 25.8 Å². The molecule has 26 heavy (non-hydrogen) atoms. The van der Waals surface area contributed by atoms with Crippen molar-refractivity contribution in [1.29, 1.82) is 0 Å². The lowest BCUT2D eigenvalue weighted by Crippen LogP contribution is -2.10. The topological polar surface area (TPSA) is 90.6 Å². The van der Waals surface area contributed by atoms with Crippen LogP contribution >= 0.6 is 15.9 Å². The highest BCUT2D eigenvalue weighted by molar-refractivity contribution is 9.10. The molecule has 0 spiro atoms. The molecule has 136 valence electrons. The van der Waals surface area contributed by atoms with Crippen molar-refractivity contribution in [2.24, 2.45) is 0 Å². The molecule has 0 fully saturated rings. The van der Waals surface area contributed by atoms with Crippen molar-refractivity contribution in [2.45, 2.75) is 11.2 Å². The van der Waals surface area contributed by atoms with Gasteiger partial charge in [0.15, 0.2) is 26.5 Å². The van der Waals surface area contributed by atoms with Crippen LogP contribution in [0.1, 0.15) is 5.82 Å². The van der Waals surface area contributed by atoms with Crippen molar-refractivity contribution in [3.63, 3.8) is 0 Å². The van der Waals surface area contributed by atoms with Crippen LogP contribution in [-0.4, -0.2) is 39.6 Å². The number of aromatic nitrogens is 5. The molecule has 3 rings (SSSR count). The molecular weight excluding hydrogens is 439 g/mol. The number of sulfone groups is 1. The van der Waals surface area contributed by atoms with Crippen molar-refractivity contribution < 1.29 is 21.6 Å². The molecule has 0 unspecified atom stereocenters. The van der Waals surface area contributed by atoms with E-state index in [0.29, 0.717) is 5.56 Å². The maximum atomic E-state index is 13.0. The lowest BCUT2D eigenvalue weighted by atomic mass is 10.2. The van der Waals surface area contributed by atoms with Gasteiger partial charge < -0.3 is 0 Å². The Kier molecular flexibility index (Phi) is 4.56. The maximum absolute atomic E-state index is 13.0. The molecular formula is C14H9BrF3N5O2S. The number of hydrogen-bond acceptors (Lipinski definition) is 6. The van der Waals surface area contributed by atoms with Gasteiger partial charge in [0.2, 0.25) is 0 Å². The number of nitrogens with zero attached hydrogens (tertiary/aromatic N) is 5. The summed E-state index contributed by atoms with van der Waals surface area (Å²) in [6.45, 7) is 0. The Labute approximate surface area is 153 Å². The first-order valence-electron chi connectivity index (χ1n) is 6.90.